The van der Waals surface area contributed by atoms with Crippen LogP contribution in [0.2, 0.25) is 0 Å². The van der Waals surface area contributed by atoms with Gasteiger partial charge in [0, 0.05) is 12.7 Å². The van der Waals surface area contributed by atoms with E-state index in [2.05, 4.69) is 31.7 Å². The highest BCUT2D eigenvalue weighted by Gasteiger charge is 2.06. The van der Waals surface area contributed by atoms with Crippen molar-refractivity contribution in [1.82, 2.24) is 15.0 Å². The predicted octanol–water partition coefficient (Wildman–Crippen LogP) is 1.73. The minimum Gasteiger partial charge on any atom is -0.467 e. The van der Waals surface area contributed by atoms with Crippen LogP contribution in [0.5, 0.6) is 6.01 Å². The summed E-state index contributed by atoms with van der Waals surface area (Å²) in [6.07, 6.45) is 0.393. The third-order valence-electron chi connectivity index (χ3n) is 2.51. The summed E-state index contributed by atoms with van der Waals surface area (Å²) >= 11 is 0. The molecule has 0 fully saturated rings. The van der Waals surface area contributed by atoms with Gasteiger partial charge in [0.15, 0.2) is 0 Å². The second-order valence-electron chi connectivity index (χ2n) is 3.88. The molecule has 1 heterocycles. The molecule has 7 heteroatoms. The van der Waals surface area contributed by atoms with E-state index in [1.807, 2.05) is 24.3 Å². The minimum atomic E-state index is 0.230. The average Bonchev–Trinajstić information content (AvgIpc) is 2.49. The lowest BCUT2D eigenvalue weighted by Gasteiger charge is -2.08. The van der Waals surface area contributed by atoms with Crippen molar-refractivity contribution in [2.45, 2.75) is 6.42 Å². The molecule has 0 radical (unpaired) electrons. The highest BCUT2D eigenvalue weighted by Crippen LogP contribution is 2.17. The molecule has 1 aromatic heterocycles. The van der Waals surface area contributed by atoms with Crippen molar-refractivity contribution in [2.24, 2.45) is 0 Å². The van der Waals surface area contributed by atoms with Crippen molar-refractivity contribution in [3.63, 3.8) is 0 Å². The van der Waals surface area contributed by atoms with Gasteiger partial charge >= 0.3 is 6.01 Å². The van der Waals surface area contributed by atoms with Crippen LogP contribution in [0.15, 0.2) is 24.3 Å². The first kappa shape index (κ1) is 13.5. The Morgan fingerprint density at radius 3 is 2.45 bits per heavy atom. The molecule has 0 saturated carbocycles. The number of nitrogens with zero attached hydrogens (tertiary/aromatic N) is 4. The Bertz CT molecular complexity index is 597. The van der Waals surface area contributed by atoms with Crippen molar-refractivity contribution >= 4 is 17.6 Å². The summed E-state index contributed by atoms with van der Waals surface area (Å²) < 4.78 is 5.01. The van der Waals surface area contributed by atoms with Gasteiger partial charge in [-0.25, -0.2) is 0 Å². The van der Waals surface area contributed by atoms with Crippen molar-refractivity contribution in [2.75, 3.05) is 24.8 Å². The first-order valence-electron chi connectivity index (χ1n) is 5.96. The molecule has 102 valence electrons. The number of aromatic nitrogens is 3. The van der Waals surface area contributed by atoms with E-state index < -0.39 is 0 Å². The Morgan fingerprint density at radius 1 is 1.15 bits per heavy atom. The maximum Gasteiger partial charge on any atom is 0.322 e. The number of hydrogen-bond donors (Lipinski definition) is 2. The molecule has 7 nitrogen and oxygen atoms in total. The van der Waals surface area contributed by atoms with Crippen LogP contribution in [0.3, 0.4) is 0 Å². The number of benzene rings is 1. The minimum absolute atomic E-state index is 0.230. The zero-order valence-electron chi connectivity index (χ0n) is 11.2. The van der Waals surface area contributed by atoms with Crippen molar-refractivity contribution in [3.05, 3.63) is 29.8 Å². The number of anilines is 3. The van der Waals surface area contributed by atoms with E-state index >= 15 is 0 Å². The van der Waals surface area contributed by atoms with Crippen molar-refractivity contribution in [1.29, 1.82) is 5.26 Å². The zero-order valence-corrected chi connectivity index (χ0v) is 11.2. The van der Waals surface area contributed by atoms with Crippen LogP contribution in [0.25, 0.3) is 0 Å². The lowest BCUT2D eigenvalue weighted by Crippen LogP contribution is -2.05. The van der Waals surface area contributed by atoms with Gasteiger partial charge in [-0.3, -0.25) is 0 Å². The molecule has 20 heavy (non-hydrogen) atoms. The van der Waals surface area contributed by atoms with E-state index in [1.165, 1.54) is 7.11 Å². The molecule has 2 N–H and O–H groups in total. The molecule has 1 aromatic carbocycles. The first-order valence-corrected chi connectivity index (χ1v) is 5.96. The summed E-state index contributed by atoms with van der Waals surface area (Å²) in [5.41, 5.74) is 1.78. The molecule has 2 aromatic rings. The predicted molar refractivity (Wildman–Crippen MR) is 75.0 cm³/mol. The molecule has 0 aliphatic carbocycles. The number of methoxy groups -OCH3 is 1. The van der Waals surface area contributed by atoms with E-state index in [4.69, 9.17) is 10.00 Å². The fourth-order valence-corrected chi connectivity index (χ4v) is 1.54. The first-order chi connectivity index (χ1) is 9.75. The summed E-state index contributed by atoms with van der Waals surface area (Å²) in [4.78, 5) is 12.3. The number of hydrogen-bond acceptors (Lipinski definition) is 7. The van der Waals surface area contributed by atoms with E-state index in [0.717, 1.165) is 11.3 Å². The zero-order chi connectivity index (χ0) is 14.4. The van der Waals surface area contributed by atoms with Gasteiger partial charge in [0.1, 0.15) is 0 Å². The fraction of sp³-hybridized carbons (Fsp3) is 0.231. The summed E-state index contributed by atoms with van der Waals surface area (Å²) in [5, 5.41) is 14.5. The molecule has 0 spiro atoms. The Balaban J connectivity index is 2.18. The van der Waals surface area contributed by atoms with Gasteiger partial charge in [-0.05, 0) is 17.7 Å². The highest BCUT2D eigenvalue weighted by atomic mass is 16.5. The van der Waals surface area contributed by atoms with Crippen LogP contribution >= 0.6 is 0 Å². The van der Waals surface area contributed by atoms with Crippen LogP contribution < -0.4 is 15.4 Å². The van der Waals surface area contributed by atoms with Gasteiger partial charge < -0.3 is 15.4 Å². The van der Waals surface area contributed by atoms with E-state index in [0.29, 0.717) is 18.3 Å². The monoisotopic (exact) mass is 270 g/mol. The van der Waals surface area contributed by atoms with Gasteiger partial charge in [-0.1, -0.05) is 12.1 Å². The van der Waals surface area contributed by atoms with Crippen LogP contribution in [0.1, 0.15) is 5.56 Å². The molecule has 0 saturated heterocycles. The summed E-state index contributed by atoms with van der Waals surface area (Å²) in [6, 6.07) is 9.82. The quantitative estimate of drug-likeness (QED) is 0.854. The fourth-order valence-electron chi connectivity index (χ4n) is 1.54. The topological polar surface area (TPSA) is 95.8 Å². The van der Waals surface area contributed by atoms with Crippen LogP contribution in [0.4, 0.5) is 17.6 Å². The number of nitrogens with one attached hydrogen (secondary N) is 2. The van der Waals surface area contributed by atoms with Gasteiger partial charge in [-0.15, -0.1) is 0 Å². The maximum absolute atomic E-state index is 8.63. The number of nitriles is 1. The summed E-state index contributed by atoms with van der Waals surface area (Å²) in [5.74, 6) is 0.801. The SMILES string of the molecule is CNc1nc(Nc2ccc(CC#N)cc2)nc(OC)n1. The molecule has 0 aliphatic rings. The Morgan fingerprint density at radius 2 is 1.85 bits per heavy atom. The Hall–Kier alpha value is -2.88. The Kier molecular flexibility index (Phi) is 4.29. The molecule has 0 atom stereocenters. The smallest absolute Gasteiger partial charge is 0.322 e. The third kappa shape index (κ3) is 3.32. The summed E-state index contributed by atoms with van der Waals surface area (Å²) in [6.45, 7) is 0. The van der Waals surface area contributed by atoms with Gasteiger partial charge in [0.2, 0.25) is 11.9 Å². The lowest BCUT2D eigenvalue weighted by atomic mass is 10.1. The Labute approximate surface area is 116 Å². The highest BCUT2D eigenvalue weighted by molar-refractivity contribution is 5.54. The largest absolute Gasteiger partial charge is 0.467 e. The van der Waals surface area contributed by atoms with Gasteiger partial charge in [0.25, 0.3) is 0 Å². The van der Waals surface area contributed by atoms with E-state index in [1.54, 1.807) is 7.05 Å². The third-order valence-corrected chi connectivity index (χ3v) is 2.51. The number of rotatable bonds is 5. The number of ether oxygens (including phenoxy) is 1. The van der Waals surface area contributed by atoms with Crippen LogP contribution in [-0.2, 0) is 6.42 Å². The van der Waals surface area contributed by atoms with Crippen LogP contribution in [-0.4, -0.2) is 29.1 Å². The van der Waals surface area contributed by atoms with E-state index in [-0.39, 0.29) is 6.01 Å². The van der Waals surface area contributed by atoms with Gasteiger partial charge in [0.05, 0.1) is 19.6 Å². The van der Waals surface area contributed by atoms with Crippen molar-refractivity contribution < 1.29 is 4.74 Å². The second kappa shape index (κ2) is 6.33. The van der Waals surface area contributed by atoms with Gasteiger partial charge in [-0.2, -0.15) is 20.2 Å². The molecular formula is C13H14N6O. The average molecular weight is 270 g/mol. The molecule has 0 bridgehead atoms. The molecular weight excluding hydrogens is 256 g/mol. The molecule has 0 unspecified atom stereocenters. The standard InChI is InChI=1S/C13H14N6O/c1-15-11-17-12(19-13(18-11)20-2)16-10-5-3-9(4-6-10)7-8-14/h3-6H,7H2,1-2H3,(H2,15,16,17,18,19). The summed E-state index contributed by atoms with van der Waals surface area (Å²) in [7, 11) is 3.21. The molecule has 0 amide bonds. The van der Waals surface area contributed by atoms with E-state index in [9.17, 15) is 0 Å². The van der Waals surface area contributed by atoms with Crippen molar-refractivity contribution in [3.8, 4) is 12.1 Å². The second-order valence-corrected chi connectivity index (χ2v) is 3.88. The van der Waals surface area contributed by atoms with Crippen LogP contribution in [0, 0.1) is 11.3 Å². The molecule has 2 rings (SSSR count). The maximum atomic E-state index is 8.63. The lowest BCUT2D eigenvalue weighted by molar-refractivity contribution is 0.379. The normalized spacial score (nSPS) is 9.65. The molecule has 0 aliphatic heterocycles.